The maximum Gasteiger partial charge on any atom is 0.396 e. The lowest BCUT2D eigenvalue weighted by Crippen LogP contribution is -2.24. The molecule has 0 spiro atoms. The number of alkyl halides is 3. The Kier molecular flexibility index (Phi) is 4.12. The van der Waals surface area contributed by atoms with Gasteiger partial charge in [-0.15, -0.1) is 0 Å². The minimum atomic E-state index is -4.65. The van der Waals surface area contributed by atoms with Gasteiger partial charge < -0.3 is 14.6 Å². The van der Waals surface area contributed by atoms with Gasteiger partial charge in [0.05, 0.1) is 16.8 Å². The molecule has 2 rings (SSSR count). The standard InChI is InChI=1S/C12H10BrF3O4/c13-8-3-6(4-9-11(8)20-2-1-19-9)7(5-10(17)18)12(14,15)16/h3-4,7H,1-2,5H2,(H,17,18). The molecule has 1 heterocycles. The van der Waals surface area contributed by atoms with Gasteiger partial charge in [-0.3, -0.25) is 4.79 Å². The summed E-state index contributed by atoms with van der Waals surface area (Å²) >= 11 is 3.11. The molecule has 0 bridgehead atoms. The number of hydrogen-bond acceptors (Lipinski definition) is 3. The zero-order valence-corrected chi connectivity index (χ0v) is 11.6. The molecule has 1 unspecified atom stereocenters. The van der Waals surface area contributed by atoms with E-state index in [0.717, 1.165) is 0 Å². The average molecular weight is 355 g/mol. The summed E-state index contributed by atoms with van der Waals surface area (Å²) in [5, 5.41) is 8.65. The lowest BCUT2D eigenvalue weighted by molar-refractivity contribution is -0.163. The van der Waals surface area contributed by atoms with Crippen molar-refractivity contribution in [2.45, 2.75) is 18.5 Å². The number of hydrogen-bond donors (Lipinski definition) is 1. The average Bonchev–Trinajstić information content (AvgIpc) is 2.34. The van der Waals surface area contributed by atoms with Crippen LogP contribution in [0, 0.1) is 0 Å². The first-order valence-electron chi connectivity index (χ1n) is 5.66. The quantitative estimate of drug-likeness (QED) is 0.904. The Hall–Kier alpha value is -1.44. The molecule has 0 aliphatic carbocycles. The molecule has 1 aromatic carbocycles. The van der Waals surface area contributed by atoms with Gasteiger partial charge in [-0.05, 0) is 33.6 Å². The van der Waals surface area contributed by atoms with Crippen LogP contribution in [0.2, 0.25) is 0 Å². The number of carboxylic acid groups (broad SMARTS) is 1. The first kappa shape index (κ1) is 15.0. The first-order chi connectivity index (χ1) is 9.29. The van der Waals surface area contributed by atoms with E-state index >= 15 is 0 Å². The van der Waals surface area contributed by atoms with Gasteiger partial charge in [-0.1, -0.05) is 0 Å². The van der Waals surface area contributed by atoms with Crippen LogP contribution < -0.4 is 9.47 Å². The third kappa shape index (κ3) is 3.17. The Bertz CT molecular complexity index is 530. The summed E-state index contributed by atoms with van der Waals surface area (Å²) < 4.78 is 49.8. The Morgan fingerprint density at radius 2 is 2.00 bits per heavy atom. The van der Waals surface area contributed by atoms with Crippen LogP contribution in [0.4, 0.5) is 13.2 Å². The number of carbonyl (C=O) groups is 1. The van der Waals surface area contributed by atoms with Crippen LogP contribution in [0.15, 0.2) is 16.6 Å². The van der Waals surface area contributed by atoms with Crippen LogP contribution in [0.5, 0.6) is 11.5 Å². The SMILES string of the molecule is O=C(O)CC(c1cc(Br)c2c(c1)OCCO2)C(F)(F)F. The summed E-state index contributed by atoms with van der Waals surface area (Å²) in [6, 6.07) is 2.40. The van der Waals surface area contributed by atoms with Crippen LogP contribution in [0.3, 0.4) is 0 Å². The number of ether oxygens (including phenoxy) is 2. The molecule has 4 nitrogen and oxygen atoms in total. The fraction of sp³-hybridized carbons (Fsp3) is 0.417. The van der Waals surface area contributed by atoms with Crippen LogP contribution in [-0.2, 0) is 4.79 Å². The first-order valence-corrected chi connectivity index (χ1v) is 6.46. The fourth-order valence-electron chi connectivity index (χ4n) is 1.93. The molecule has 1 N–H and O–H groups in total. The van der Waals surface area contributed by atoms with Crippen molar-refractivity contribution >= 4 is 21.9 Å². The molecule has 1 aliphatic heterocycles. The van der Waals surface area contributed by atoms with Crippen LogP contribution in [0.1, 0.15) is 17.9 Å². The Balaban J connectivity index is 2.43. The summed E-state index contributed by atoms with van der Waals surface area (Å²) in [7, 11) is 0. The van der Waals surface area contributed by atoms with Crippen molar-refractivity contribution in [2.24, 2.45) is 0 Å². The highest BCUT2D eigenvalue weighted by Crippen LogP contribution is 2.44. The lowest BCUT2D eigenvalue weighted by atomic mass is 9.94. The highest BCUT2D eigenvalue weighted by Gasteiger charge is 2.42. The van der Waals surface area contributed by atoms with E-state index < -0.39 is 24.5 Å². The van der Waals surface area contributed by atoms with Gasteiger partial charge in [0.25, 0.3) is 0 Å². The summed E-state index contributed by atoms with van der Waals surface area (Å²) in [5.41, 5.74) is -0.170. The smallest absolute Gasteiger partial charge is 0.396 e. The zero-order valence-electron chi connectivity index (χ0n) is 10.0. The van der Waals surface area contributed by atoms with Gasteiger partial charge in [-0.2, -0.15) is 13.2 Å². The van der Waals surface area contributed by atoms with Gasteiger partial charge in [-0.25, -0.2) is 0 Å². The Labute approximate surface area is 120 Å². The number of aliphatic carboxylic acids is 1. The molecule has 0 saturated carbocycles. The molecule has 0 saturated heterocycles. The predicted octanol–water partition coefficient (Wildman–Crippen LogP) is 3.34. The third-order valence-corrected chi connectivity index (χ3v) is 3.38. The normalized spacial score (nSPS) is 15.8. The summed E-state index contributed by atoms with van der Waals surface area (Å²) in [5.74, 6) is -3.10. The maximum absolute atomic E-state index is 13.0. The summed E-state index contributed by atoms with van der Waals surface area (Å²) in [6.45, 7) is 0.543. The van der Waals surface area contributed by atoms with Crippen molar-refractivity contribution in [1.82, 2.24) is 0 Å². The second-order valence-corrected chi connectivity index (χ2v) is 5.07. The van der Waals surface area contributed by atoms with Crippen molar-refractivity contribution in [2.75, 3.05) is 13.2 Å². The number of rotatable bonds is 3. The van der Waals surface area contributed by atoms with E-state index in [0.29, 0.717) is 16.8 Å². The van der Waals surface area contributed by atoms with Crippen LogP contribution in [0.25, 0.3) is 0 Å². The lowest BCUT2D eigenvalue weighted by Gasteiger charge is -2.24. The number of fused-ring (bicyclic) bond motifs is 1. The van der Waals surface area contributed by atoms with E-state index in [1.165, 1.54) is 12.1 Å². The van der Waals surface area contributed by atoms with Crippen LogP contribution in [-0.4, -0.2) is 30.5 Å². The van der Waals surface area contributed by atoms with E-state index in [-0.39, 0.29) is 17.9 Å². The Morgan fingerprint density at radius 3 is 2.60 bits per heavy atom. The molecule has 0 aromatic heterocycles. The largest absolute Gasteiger partial charge is 0.486 e. The van der Waals surface area contributed by atoms with Gasteiger partial charge in [0.2, 0.25) is 0 Å². The molecule has 0 fully saturated rings. The molecule has 8 heteroatoms. The van der Waals surface area contributed by atoms with E-state index in [9.17, 15) is 18.0 Å². The van der Waals surface area contributed by atoms with Gasteiger partial charge >= 0.3 is 12.1 Å². The second-order valence-electron chi connectivity index (χ2n) is 4.22. The van der Waals surface area contributed by atoms with Crippen molar-refractivity contribution < 1.29 is 32.5 Å². The summed E-state index contributed by atoms with van der Waals surface area (Å²) in [6.07, 6.45) is -5.68. The van der Waals surface area contributed by atoms with Crippen molar-refractivity contribution in [3.63, 3.8) is 0 Å². The highest BCUT2D eigenvalue weighted by molar-refractivity contribution is 9.10. The molecule has 110 valence electrons. The van der Waals surface area contributed by atoms with Crippen molar-refractivity contribution in [3.8, 4) is 11.5 Å². The van der Waals surface area contributed by atoms with E-state index in [1.807, 2.05) is 0 Å². The maximum atomic E-state index is 13.0. The van der Waals surface area contributed by atoms with Crippen molar-refractivity contribution in [3.05, 3.63) is 22.2 Å². The molecular weight excluding hydrogens is 345 g/mol. The second kappa shape index (κ2) is 5.51. The minimum absolute atomic E-state index is 0.170. The van der Waals surface area contributed by atoms with Crippen LogP contribution >= 0.6 is 15.9 Å². The topological polar surface area (TPSA) is 55.8 Å². The number of halogens is 4. The highest BCUT2D eigenvalue weighted by atomic mass is 79.9. The Morgan fingerprint density at radius 1 is 1.35 bits per heavy atom. The molecule has 0 amide bonds. The minimum Gasteiger partial charge on any atom is -0.486 e. The molecule has 1 aliphatic rings. The van der Waals surface area contributed by atoms with Gasteiger partial charge in [0.15, 0.2) is 11.5 Å². The van der Waals surface area contributed by atoms with Crippen molar-refractivity contribution in [1.29, 1.82) is 0 Å². The molecule has 0 radical (unpaired) electrons. The van der Waals surface area contributed by atoms with Gasteiger partial charge in [0, 0.05) is 0 Å². The van der Waals surface area contributed by atoms with E-state index in [2.05, 4.69) is 15.9 Å². The molecular formula is C12H10BrF3O4. The molecule has 20 heavy (non-hydrogen) atoms. The van der Waals surface area contributed by atoms with E-state index in [4.69, 9.17) is 14.6 Å². The van der Waals surface area contributed by atoms with E-state index in [1.54, 1.807) is 0 Å². The summed E-state index contributed by atoms with van der Waals surface area (Å²) in [4.78, 5) is 10.6. The molecule has 1 aromatic rings. The predicted molar refractivity (Wildman–Crippen MR) is 66.2 cm³/mol. The zero-order chi connectivity index (χ0) is 14.9. The number of carboxylic acids is 1. The third-order valence-electron chi connectivity index (χ3n) is 2.80. The fourth-order valence-corrected chi connectivity index (χ4v) is 2.50. The van der Waals surface area contributed by atoms with Gasteiger partial charge in [0.1, 0.15) is 13.2 Å². The monoisotopic (exact) mass is 354 g/mol. The molecule has 1 atom stereocenters. The number of benzene rings is 1.